The van der Waals surface area contributed by atoms with Gasteiger partial charge in [0.05, 0.1) is 12.3 Å². The van der Waals surface area contributed by atoms with E-state index in [2.05, 4.69) is 10.1 Å². The van der Waals surface area contributed by atoms with Crippen molar-refractivity contribution in [2.45, 2.75) is 13.8 Å². The zero-order valence-corrected chi connectivity index (χ0v) is 9.93. The zero-order valence-electron chi connectivity index (χ0n) is 9.93. The maximum absolute atomic E-state index is 12.1. The number of rotatable bonds is 2. The van der Waals surface area contributed by atoms with Crippen molar-refractivity contribution >= 4 is 23.7 Å². The fourth-order valence-electron chi connectivity index (χ4n) is 1.84. The number of carbonyl (C=O) groups excluding carboxylic acids is 2. The molecule has 1 aromatic rings. The van der Waals surface area contributed by atoms with Crippen molar-refractivity contribution in [1.29, 1.82) is 0 Å². The van der Waals surface area contributed by atoms with E-state index in [1.54, 1.807) is 20.9 Å². The number of esters is 1. The highest BCUT2D eigenvalue weighted by atomic mass is 16.5. The minimum atomic E-state index is -0.947. The lowest BCUT2D eigenvalue weighted by Crippen LogP contribution is -2.30. The van der Waals surface area contributed by atoms with Gasteiger partial charge in [-0.1, -0.05) is 0 Å². The Balaban J connectivity index is 2.39. The summed E-state index contributed by atoms with van der Waals surface area (Å²) < 4.78 is 6.29. The third-order valence-corrected chi connectivity index (χ3v) is 2.60. The number of aromatic nitrogens is 2. The molecule has 0 spiro atoms. The topological polar surface area (TPSA) is 73.5 Å². The molecule has 90 valence electrons. The first-order valence-electron chi connectivity index (χ1n) is 5.35. The van der Waals surface area contributed by atoms with E-state index < -0.39 is 11.9 Å². The van der Waals surface area contributed by atoms with Crippen molar-refractivity contribution in [1.82, 2.24) is 9.78 Å². The van der Waals surface area contributed by atoms with Crippen LogP contribution < -0.4 is 0 Å². The molecule has 0 N–H and O–H groups in total. The van der Waals surface area contributed by atoms with Gasteiger partial charge in [0.1, 0.15) is 11.4 Å². The lowest BCUT2D eigenvalue weighted by Gasteiger charge is -2.14. The van der Waals surface area contributed by atoms with E-state index in [1.807, 2.05) is 0 Å². The number of hydrogen-bond donors (Lipinski definition) is 0. The summed E-state index contributed by atoms with van der Waals surface area (Å²) in [5, 5.41) is 4.11. The number of carbonyl (C=O) groups is 2. The predicted molar refractivity (Wildman–Crippen MR) is 60.6 cm³/mol. The number of aryl methyl sites for hydroxylation is 2. The maximum atomic E-state index is 12.1. The second-order valence-corrected chi connectivity index (χ2v) is 3.78. The number of fused-ring (bicyclic) bond motifs is 1. The van der Waals surface area contributed by atoms with Gasteiger partial charge in [-0.25, -0.2) is 0 Å². The molecule has 0 radical (unpaired) electrons. The molecule has 6 nitrogen and oxygen atoms in total. The molecule has 0 aromatic carbocycles. The molecular weight excluding hydrogens is 222 g/mol. The molecule has 0 saturated heterocycles. The molecule has 17 heavy (non-hydrogen) atoms. The molecule has 2 heterocycles. The normalized spacial score (nSPS) is 18.1. The molecule has 0 bridgehead atoms. The predicted octanol–water partition coefficient (Wildman–Crippen LogP) is 0.806. The summed E-state index contributed by atoms with van der Waals surface area (Å²) in [5.74, 6) is -1.82. The van der Waals surface area contributed by atoms with Crippen molar-refractivity contribution in [2.24, 2.45) is 18.0 Å². The lowest BCUT2D eigenvalue weighted by molar-refractivity contribution is -0.144. The van der Waals surface area contributed by atoms with E-state index in [-0.39, 0.29) is 12.4 Å². The van der Waals surface area contributed by atoms with Crippen molar-refractivity contribution in [3.63, 3.8) is 0 Å². The Labute approximate surface area is 98.3 Å². The summed E-state index contributed by atoms with van der Waals surface area (Å²) in [5.41, 5.74) is 1.58. The van der Waals surface area contributed by atoms with E-state index in [1.165, 1.54) is 10.9 Å². The average molecular weight is 235 g/mol. The highest BCUT2D eigenvalue weighted by Crippen LogP contribution is 2.29. The Hall–Kier alpha value is -1.98. The van der Waals surface area contributed by atoms with Crippen LogP contribution in [-0.4, -0.2) is 34.4 Å². The van der Waals surface area contributed by atoms with Crippen LogP contribution in [-0.2, 0) is 16.6 Å². The Morgan fingerprint density at radius 3 is 2.94 bits per heavy atom. The number of ether oxygens (including phenoxy) is 1. The quantitative estimate of drug-likeness (QED) is 0.561. The van der Waals surface area contributed by atoms with Crippen LogP contribution in [0.1, 0.15) is 23.1 Å². The number of hydrogen-bond acceptors (Lipinski definition) is 5. The summed E-state index contributed by atoms with van der Waals surface area (Å²) in [6.45, 7) is 3.71. The van der Waals surface area contributed by atoms with Gasteiger partial charge in [-0.15, -0.1) is 0 Å². The largest absolute Gasteiger partial charge is 0.465 e. The second kappa shape index (κ2) is 4.12. The Bertz CT molecular complexity index is 516. The van der Waals surface area contributed by atoms with E-state index in [0.29, 0.717) is 17.1 Å². The fourth-order valence-corrected chi connectivity index (χ4v) is 1.84. The number of nitrogens with zero attached hydrogens (tertiary/aromatic N) is 3. The summed E-state index contributed by atoms with van der Waals surface area (Å²) in [6, 6.07) is 0. The van der Waals surface area contributed by atoms with Crippen LogP contribution in [0.4, 0.5) is 5.69 Å². The van der Waals surface area contributed by atoms with Gasteiger partial charge >= 0.3 is 5.97 Å². The van der Waals surface area contributed by atoms with Crippen LogP contribution in [0.15, 0.2) is 4.99 Å². The zero-order chi connectivity index (χ0) is 12.6. The van der Waals surface area contributed by atoms with Gasteiger partial charge in [-0.05, 0) is 13.8 Å². The summed E-state index contributed by atoms with van der Waals surface area (Å²) >= 11 is 0. The Morgan fingerprint density at radius 1 is 1.59 bits per heavy atom. The molecule has 1 atom stereocenters. The highest BCUT2D eigenvalue weighted by Gasteiger charge is 2.35. The number of Topliss-reactive ketones (excluding diaryl/α,β-unsaturated/α-hetero) is 1. The standard InChI is InChI=1S/C11H13N3O3/c1-4-17-11(16)7-5-12-8-6(2)13-14(3)9(8)10(7)15/h5,7H,4H2,1-3H3. The molecular formula is C11H13N3O3. The minimum Gasteiger partial charge on any atom is -0.465 e. The van der Waals surface area contributed by atoms with Crippen molar-refractivity contribution in [3.05, 3.63) is 11.4 Å². The van der Waals surface area contributed by atoms with Crippen LogP contribution in [0.3, 0.4) is 0 Å². The van der Waals surface area contributed by atoms with E-state index >= 15 is 0 Å². The first-order chi connectivity index (χ1) is 8.06. The van der Waals surface area contributed by atoms with E-state index in [4.69, 9.17) is 4.74 Å². The first kappa shape index (κ1) is 11.5. The van der Waals surface area contributed by atoms with Gasteiger partial charge in [-0.3, -0.25) is 19.3 Å². The molecule has 0 amide bonds. The van der Waals surface area contributed by atoms with Gasteiger partial charge < -0.3 is 4.74 Å². The smallest absolute Gasteiger partial charge is 0.322 e. The molecule has 0 saturated carbocycles. The van der Waals surface area contributed by atoms with Gasteiger partial charge in [-0.2, -0.15) is 5.10 Å². The average Bonchev–Trinajstić information content (AvgIpc) is 2.56. The molecule has 1 aromatic heterocycles. The molecule has 0 aliphatic carbocycles. The molecule has 6 heteroatoms. The van der Waals surface area contributed by atoms with Crippen molar-refractivity contribution in [2.75, 3.05) is 6.61 Å². The van der Waals surface area contributed by atoms with Crippen LogP contribution >= 0.6 is 0 Å². The van der Waals surface area contributed by atoms with Gasteiger partial charge in [0.2, 0.25) is 5.78 Å². The van der Waals surface area contributed by atoms with Gasteiger partial charge in [0.25, 0.3) is 0 Å². The van der Waals surface area contributed by atoms with Crippen molar-refractivity contribution < 1.29 is 14.3 Å². The third kappa shape index (κ3) is 1.75. The van der Waals surface area contributed by atoms with Crippen LogP contribution in [0.25, 0.3) is 0 Å². The first-order valence-corrected chi connectivity index (χ1v) is 5.35. The highest BCUT2D eigenvalue weighted by molar-refractivity contribution is 6.21. The number of aliphatic imine (C=N–C) groups is 1. The van der Waals surface area contributed by atoms with Gasteiger partial charge in [0.15, 0.2) is 5.92 Å². The Morgan fingerprint density at radius 2 is 2.29 bits per heavy atom. The van der Waals surface area contributed by atoms with Crippen LogP contribution in [0, 0.1) is 12.8 Å². The van der Waals surface area contributed by atoms with Gasteiger partial charge in [0, 0.05) is 13.3 Å². The second-order valence-electron chi connectivity index (χ2n) is 3.78. The fraction of sp³-hybridized carbons (Fsp3) is 0.455. The summed E-state index contributed by atoms with van der Waals surface area (Å²) in [6.07, 6.45) is 1.33. The molecule has 0 fully saturated rings. The van der Waals surface area contributed by atoms with E-state index in [0.717, 1.165) is 0 Å². The monoisotopic (exact) mass is 235 g/mol. The number of ketones is 1. The molecule has 1 aliphatic heterocycles. The van der Waals surface area contributed by atoms with Crippen LogP contribution in [0.5, 0.6) is 0 Å². The van der Waals surface area contributed by atoms with Crippen LogP contribution in [0.2, 0.25) is 0 Å². The lowest BCUT2D eigenvalue weighted by atomic mass is 9.99. The SMILES string of the molecule is CCOC(=O)C1C=Nc2c(C)nn(C)c2C1=O. The van der Waals surface area contributed by atoms with Crippen molar-refractivity contribution in [3.8, 4) is 0 Å². The minimum absolute atomic E-state index is 0.244. The molecule has 1 aliphatic rings. The molecule has 1 unspecified atom stereocenters. The van der Waals surface area contributed by atoms with E-state index in [9.17, 15) is 9.59 Å². The molecule has 2 rings (SSSR count). The summed E-state index contributed by atoms with van der Waals surface area (Å²) in [7, 11) is 1.66. The summed E-state index contributed by atoms with van der Waals surface area (Å²) in [4.78, 5) is 27.8. The maximum Gasteiger partial charge on any atom is 0.322 e. The third-order valence-electron chi connectivity index (χ3n) is 2.60. The Kier molecular flexibility index (Phi) is 2.79.